The first-order valence-corrected chi connectivity index (χ1v) is 8.36. The zero-order valence-electron chi connectivity index (χ0n) is 9.12. The number of hydrogen-bond donors (Lipinski definition) is 1. The second-order valence-corrected chi connectivity index (χ2v) is 7.52. The second-order valence-electron chi connectivity index (χ2n) is 3.95. The van der Waals surface area contributed by atoms with Crippen LogP contribution in [0.3, 0.4) is 0 Å². The van der Waals surface area contributed by atoms with E-state index >= 15 is 0 Å². The van der Waals surface area contributed by atoms with Crippen LogP contribution < -0.4 is 10.5 Å². The molecule has 2 rings (SSSR count). The third-order valence-electron chi connectivity index (χ3n) is 2.80. The van der Waals surface area contributed by atoms with Gasteiger partial charge >= 0.3 is 0 Å². The molecule has 1 fully saturated rings. The summed E-state index contributed by atoms with van der Waals surface area (Å²) in [6, 6.07) is 4.32. The second kappa shape index (κ2) is 6.06. The standard InChI is InChI=1S/C11H12I3NO2/c1-16-11-8(15)4-9(11)17-10-6(13)2-5(12)3-7(10)14/h2-3,8-9,11H,4,15H2,1H3. The molecule has 1 aliphatic rings. The summed E-state index contributed by atoms with van der Waals surface area (Å²) in [6.45, 7) is 0. The number of benzene rings is 1. The lowest BCUT2D eigenvalue weighted by molar-refractivity contribution is -0.0788. The van der Waals surface area contributed by atoms with Crippen LogP contribution in [0.25, 0.3) is 0 Å². The van der Waals surface area contributed by atoms with Crippen molar-refractivity contribution >= 4 is 67.8 Å². The zero-order valence-corrected chi connectivity index (χ0v) is 15.6. The third kappa shape index (κ3) is 3.18. The maximum Gasteiger partial charge on any atom is 0.146 e. The van der Waals surface area contributed by atoms with E-state index in [4.69, 9.17) is 15.2 Å². The van der Waals surface area contributed by atoms with E-state index in [1.165, 1.54) is 3.57 Å². The molecule has 0 saturated heterocycles. The lowest BCUT2D eigenvalue weighted by Gasteiger charge is -2.41. The van der Waals surface area contributed by atoms with Gasteiger partial charge in [0.2, 0.25) is 0 Å². The first-order valence-electron chi connectivity index (χ1n) is 5.12. The van der Waals surface area contributed by atoms with E-state index < -0.39 is 0 Å². The van der Waals surface area contributed by atoms with Crippen LogP contribution in [-0.2, 0) is 4.74 Å². The van der Waals surface area contributed by atoms with Crippen LogP contribution in [0.2, 0.25) is 0 Å². The predicted molar refractivity (Wildman–Crippen MR) is 92.4 cm³/mol. The third-order valence-corrected chi connectivity index (χ3v) is 5.02. The van der Waals surface area contributed by atoms with Gasteiger partial charge < -0.3 is 15.2 Å². The van der Waals surface area contributed by atoms with Gasteiger partial charge in [0.05, 0.1) is 7.14 Å². The average molecular weight is 571 g/mol. The first kappa shape index (κ1) is 14.5. The molecule has 3 atom stereocenters. The van der Waals surface area contributed by atoms with Crippen molar-refractivity contribution in [2.45, 2.75) is 24.7 Å². The number of nitrogens with two attached hydrogens (primary N) is 1. The van der Waals surface area contributed by atoms with E-state index in [9.17, 15) is 0 Å². The molecule has 3 unspecified atom stereocenters. The van der Waals surface area contributed by atoms with Crippen molar-refractivity contribution in [3.05, 3.63) is 22.8 Å². The molecular formula is C11H12I3NO2. The molecule has 6 heteroatoms. The lowest BCUT2D eigenvalue weighted by Crippen LogP contribution is -2.59. The molecule has 0 bridgehead atoms. The minimum Gasteiger partial charge on any atom is -0.485 e. The van der Waals surface area contributed by atoms with Gasteiger partial charge in [0.15, 0.2) is 0 Å². The summed E-state index contributed by atoms with van der Waals surface area (Å²) in [5.41, 5.74) is 5.87. The van der Waals surface area contributed by atoms with Gasteiger partial charge in [0.1, 0.15) is 18.0 Å². The normalized spacial score (nSPS) is 27.7. The van der Waals surface area contributed by atoms with Gasteiger partial charge in [0.25, 0.3) is 0 Å². The largest absolute Gasteiger partial charge is 0.485 e. The Morgan fingerprint density at radius 1 is 1.24 bits per heavy atom. The van der Waals surface area contributed by atoms with Crippen molar-refractivity contribution in [1.82, 2.24) is 0 Å². The smallest absolute Gasteiger partial charge is 0.146 e. The molecule has 1 aromatic rings. The Hall–Kier alpha value is 1.13. The Morgan fingerprint density at radius 2 is 1.82 bits per heavy atom. The molecule has 3 nitrogen and oxygen atoms in total. The summed E-state index contributed by atoms with van der Waals surface area (Å²) >= 11 is 6.92. The van der Waals surface area contributed by atoms with Gasteiger partial charge in [-0.25, -0.2) is 0 Å². The molecular weight excluding hydrogens is 559 g/mol. The van der Waals surface area contributed by atoms with Gasteiger partial charge in [-0.15, -0.1) is 0 Å². The molecule has 94 valence electrons. The van der Waals surface area contributed by atoms with Crippen molar-refractivity contribution in [3.63, 3.8) is 0 Å². The Balaban J connectivity index is 2.14. The SMILES string of the molecule is COC1C(N)CC1Oc1c(I)cc(I)cc1I. The summed E-state index contributed by atoms with van der Waals surface area (Å²) in [4.78, 5) is 0. The number of halogens is 3. The molecule has 1 aromatic carbocycles. The molecule has 17 heavy (non-hydrogen) atoms. The Bertz CT molecular complexity index is 404. The fraction of sp³-hybridized carbons (Fsp3) is 0.455. The van der Waals surface area contributed by atoms with Crippen LogP contribution in [0.1, 0.15) is 6.42 Å². The number of rotatable bonds is 3. The van der Waals surface area contributed by atoms with Crippen molar-refractivity contribution in [3.8, 4) is 5.75 Å². The minimum absolute atomic E-state index is 0.0147. The Labute approximate surface area is 142 Å². The summed E-state index contributed by atoms with van der Waals surface area (Å²) in [6.07, 6.45) is 0.953. The summed E-state index contributed by atoms with van der Waals surface area (Å²) in [7, 11) is 1.68. The quantitative estimate of drug-likeness (QED) is 0.569. The molecule has 1 saturated carbocycles. The Kier molecular flexibility index (Phi) is 5.18. The van der Waals surface area contributed by atoms with E-state index in [0.717, 1.165) is 19.3 Å². The predicted octanol–water partition coefficient (Wildman–Crippen LogP) is 2.99. The maximum atomic E-state index is 6.02. The van der Waals surface area contributed by atoms with E-state index in [2.05, 4.69) is 79.9 Å². The molecule has 0 amide bonds. The molecule has 0 spiro atoms. The molecule has 0 heterocycles. The number of ether oxygens (including phenoxy) is 2. The van der Waals surface area contributed by atoms with Gasteiger partial charge in [-0.1, -0.05) is 0 Å². The molecule has 0 aliphatic heterocycles. The van der Waals surface area contributed by atoms with Gasteiger partial charge in [-0.3, -0.25) is 0 Å². The van der Waals surface area contributed by atoms with Gasteiger partial charge in [-0.05, 0) is 79.9 Å². The summed E-state index contributed by atoms with van der Waals surface area (Å²) in [5, 5.41) is 0. The van der Waals surface area contributed by atoms with Crippen molar-refractivity contribution in [1.29, 1.82) is 0 Å². The molecule has 0 radical (unpaired) electrons. The van der Waals surface area contributed by atoms with E-state index in [1.54, 1.807) is 7.11 Å². The van der Waals surface area contributed by atoms with Crippen LogP contribution in [0.15, 0.2) is 12.1 Å². The van der Waals surface area contributed by atoms with Crippen LogP contribution in [0.5, 0.6) is 5.75 Å². The summed E-state index contributed by atoms with van der Waals surface area (Å²) < 4.78 is 14.8. The van der Waals surface area contributed by atoms with Crippen molar-refractivity contribution in [2.24, 2.45) is 5.73 Å². The van der Waals surface area contributed by atoms with E-state index in [0.29, 0.717) is 0 Å². The lowest BCUT2D eigenvalue weighted by atomic mass is 9.86. The van der Waals surface area contributed by atoms with Crippen LogP contribution in [-0.4, -0.2) is 25.4 Å². The van der Waals surface area contributed by atoms with Crippen LogP contribution >= 0.6 is 67.8 Å². The summed E-state index contributed by atoms with van der Waals surface area (Å²) in [5.74, 6) is 0.950. The maximum absolute atomic E-state index is 6.02. The van der Waals surface area contributed by atoms with Crippen LogP contribution in [0, 0.1) is 10.7 Å². The Morgan fingerprint density at radius 3 is 2.29 bits per heavy atom. The molecule has 0 aromatic heterocycles. The highest BCUT2D eigenvalue weighted by Gasteiger charge is 2.41. The highest BCUT2D eigenvalue weighted by Crippen LogP contribution is 2.34. The number of hydrogen-bond acceptors (Lipinski definition) is 3. The van der Waals surface area contributed by atoms with Crippen molar-refractivity contribution in [2.75, 3.05) is 7.11 Å². The minimum atomic E-state index is 0.0147. The monoisotopic (exact) mass is 571 g/mol. The fourth-order valence-electron chi connectivity index (χ4n) is 1.85. The van der Waals surface area contributed by atoms with E-state index in [1.807, 2.05) is 0 Å². The first-order chi connectivity index (χ1) is 8.02. The zero-order chi connectivity index (χ0) is 12.6. The fourth-order valence-corrected chi connectivity index (χ4v) is 5.69. The van der Waals surface area contributed by atoms with Crippen molar-refractivity contribution < 1.29 is 9.47 Å². The van der Waals surface area contributed by atoms with E-state index in [-0.39, 0.29) is 18.2 Å². The topological polar surface area (TPSA) is 44.5 Å². The van der Waals surface area contributed by atoms with Gasteiger partial charge in [-0.2, -0.15) is 0 Å². The average Bonchev–Trinajstić information content (AvgIpc) is 2.21. The highest BCUT2D eigenvalue weighted by atomic mass is 127. The molecule has 1 aliphatic carbocycles. The van der Waals surface area contributed by atoms with Crippen LogP contribution in [0.4, 0.5) is 0 Å². The van der Waals surface area contributed by atoms with Gasteiger partial charge in [0, 0.05) is 23.1 Å². The molecule has 2 N–H and O–H groups in total. The highest BCUT2D eigenvalue weighted by molar-refractivity contribution is 14.1. The number of methoxy groups -OCH3 is 1.